The molecule has 3 aliphatic rings. The summed E-state index contributed by atoms with van der Waals surface area (Å²) in [7, 11) is -0.966. The number of amides is 3. The second-order valence-electron chi connectivity index (χ2n) is 14.0. The van der Waals surface area contributed by atoms with Gasteiger partial charge in [0.15, 0.2) is 0 Å². The predicted molar refractivity (Wildman–Crippen MR) is 197 cm³/mol. The van der Waals surface area contributed by atoms with Crippen LogP contribution in [0, 0.1) is 13.8 Å². The van der Waals surface area contributed by atoms with Crippen molar-refractivity contribution >= 4 is 33.7 Å². The number of aromatic nitrogens is 1. The average Bonchev–Trinajstić information content (AvgIpc) is 3.89. The van der Waals surface area contributed by atoms with Crippen molar-refractivity contribution in [1.82, 2.24) is 19.9 Å². The Hall–Kier alpha value is -4.27. The number of unbranched alkanes of at least 4 members (excludes halogenated alkanes) is 1. The van der Waals surface area contributed by atoms with E-state index in [4.69, 9.17) is 19.0 Å². The van der Waals surface area contributed by atoms with E-state index < -0.39 is 15.6 Å². The van der Waals surface area contributed by atoms with Gasteiger partial charge < -0.3 is 23.8 Å². The van der Waals surface area contributed by atoms with Gasteiger partial charge in [-0.25, -0.2) is 17.5 Å². The number of urea groups is 1. The average molecular weight is 735 g/mol. The summed E-state index contributed by atoms with van der Waals surface area (Å²) in [6.07, 6.45) is 6.23. The lowest BCUT2D eigenvalue weighted by molar-refractivity contribution is -0.131. The van der Waals surface area contributed by atoms with Gasteiger partial charge in [0.05, 0.1) is 30.3 Å². The molecule has 1 spiro atoms. The fourth-order valence-electron chi connectivity index (χ4n) is 7.27. The topological polar surface area (TPSA) is 138 Å². The van der Waals surface area contributed by atoms with Crippen molar-refractivity contribution in [2.45, 2.75) is 89.2 Å². The minimum Gasteiger partial charge on any atom is -0.382 e. The number of rotatable bonds is 16. The van der Waals surface area contributed by atoms with E-state index in [0.717, 1.165) is 66.2 Å². The molecule has 280 valence electrons. The molecule has 1 saturated heterocycles. The van der Waals surface area contributed by atoms with Gasteiger partial charge in [-0.15, -0.1) is 0 Å². The first kappa shape index (κ1) is 37.5. The highest BCUT2D eigenvalue weighted by atomic mass is 32.2. The van der Waals surface area contributed by atoms with Gasteiger partial charge >= 0.3 is 6.03 Å². The summed E-state index contributed by atoms with van der Waals surface area (Å²) >= 11 is 0. The minimum absolute atomic E-state index is 0.0459. The molecule has 3 heterocycles. The molecule has 1 aliphatic carbocycles. The SMILES string of the molecule is CCCCC1=NC2(CCCC2)C(=O)N1Cc1ccc(-c2ccccc2S(=O)(=O)N(COCCOC)c2onc(C)c2C)c(CN2CCN(C)C2=O)c1. The summed E-state index contributed by atoms with van der Waals surface area (Å²) in [6, 6.07) is 12.6. The number of aryl methyl sites for hydroxylation is 1. The molecule has 0 radical (unpaired) electrons. The molecule has 0 bridgehead atoms. The molecule has 2 aliphatic heterocycles. The lowest BCUT2D eigenvalue weighted by Crippen LogP contribution is -2.40. The van der Waals surface area contributed by atoms with Crippen molar-refractivity contribution in [3.63, 3.8) is 0 Å². The molecule has 52 heavy (non-hydrogen) atoms. The molecule has 0 atom stereocenters. The normalized spacial score (nSPS) is 17.2. The Morgan fingerprint density at radius 3 is 2.44 bits per heavy atom. The molecule has 3 amide bonds. The Morgan fingerprint density at radius 2 is 1.77 bits per heavy atom. The van der Waals surface area contributed by atoms with Gasteiger partial charge in [0.25, 0.3) is 15.9 Å². The lowest BCUT2D eigenvalue weighted by atomic mass is 9.96. The van der Waals surface area contributed by atoms with Crippen LogP contribution in [0.15, 0.2) is 56.9 Å². The molecule has 1 saturated carbocycles. The van der Waals surface area contributed by atoms with E-state index in [9.17, 15) is 18.0 Å². The van der Waals surface area contributed by atoms with Crippen LogP contribution in [0.25, 0.3) is 11.1 Å². The van der Waals surface area contributed by atoms with Crippen molar-refractivity contribution < 1.29 is 32.0 Å². The number of sulfonamides is 1. The first-order valence-electron chi connectivity index (χ1n) is 18.1. The number of aliphatic imine (C=N–C) groups is 1. The second kappa shape index (κ2) is 15.8. The minimum atomic E-state index is -4.28. The zero-order valence-corrected chi connectivity index (χ0v) is 31.7. The molecule has 2 fully saturated rings. The van der Waals surface area contributed by atoms with E-state index in [2.05, 4.69) is 12.1 Å². The molecule has 14 heteroatoms. The zero-order chi connectivity index (χ0) is 37.0. The summed E-state index contributed by atoms with van der Waals surface area (Å²) in [6.45, 7) is 7.52. The quantitative estimate of drug-likeness (QED) is 0.131. The molecule has 6 rings (SSSR count). The van der Waals surface area contributed by atoms with Crippen LogP contribution in [0.1, 0.15) is 74.3 Å². The summed E-state index contributed by atoms with van der Waals surface area (Å²) in [5.74, 6) is 0.986. The van der Waals surface area contributed by atoms with Crippen LogP contribution in [0.4, 0.5) is 10.7 Å². The first-order valence-corrected chi connectivity index (χ1v) is 19.6. The van der Waals surface area contributed by atoms with Gasteiger partial charge in [0, 0.05) is 51.3 Å². The summed E-state index contributed by atoms with van der Waals surface area (Å²) < 4.78 is 46.9. The van der Waals surface area contributed by atoms with Gasteiger partial charge in [-0.2, -0.15) is 0 Å². The van der Waals surface area contributed by atoms with E-state index in [1.807, 2.05) is 23.1 Å². The van der Waals surface area contributed by atoms with Crippen molar-refractivity contribution in [2.24, 2.45) is 4.99 Å². The number of carbonyl (C=O) groups excluding carboxylic acids is 2. The van der Waals surface area contributed by atoms with Crippen LogP contribution in [-0.2, 0) is 37.4 Å². The van der Waals surface area contributed by atoms with E-state index in [-0.39, 0.29) is 49.2 Å². The Bertz CT molecular complexity index is 1920. The molecule has 13 nitrogen and oxygen atoms in total. The highest BCUT2D eigenvalue weighted by Gasteiger charge is 2.49. The predicted octanol–water partition coefficient (Wildman–Crippen LogP) is 5.89. The Labute approximate surface area is 306 Å². The number of amidine groups is 1. The third kappa shape index (κ3) is 7.33. The van der Waals surface area contributed by atoms with Crippen LogP contribution >= 0.6 is 0 Å². The maximum Gasteiger partial charge on any atom is 0.320 e. The molecule has 2 aromatic carbocycles. The Morgan fingerprint density at radius 1 is 1.00 bits per heavy atom. The molecular formula is C38H50N6O7S. The Kier molecular flexibility index (Phi) is 11.4. The van der Waals surface area contributed by atoms with Gasteiger partial charge in [0.1, 0.15) is 18.1 Å². The van der Waals surface area contributed by atoms with Gasteiger partial charge in [-0.05, 0) is 55.9 Å². The van der Waals surface area contributed by atoms with Crippen molar-refractivity contribution in [1.29, 1.82) is 0 Å². The van der Waals surface area contributed by atoms with Gasteiger partial charge in [-0.3, -0.25) is 14.7 Å². The first-order chi connectivity index (χ1) is 25.0. The van der Waals surface area contributed by atoms with Crippen molar-refractivity contribution in [3.05, 3.63) is 64.8 Å². The largest absolute Gasteiger partial charge is 0.382 e. The van der Waals surface area contributed by atoms with Crippen LogP contribution in [-0.4, -0.2) is 98.8 Å². The maximum absolute atomic E-state index is 14.7. The highest BCUT2D eigenvalue weighted by Crippen LogP contribution is 2.41. The number of carbonyl (C=O) groups is 2. The van der Waals surface area contributed by atoms with Crippen LogP contribution in [0.2, 0.25) is 0 Å². The smallest absolute Gasteiger partial charge is 0.320 e. The zero-order valence-electron chi connectivity index (χ0n) is 30.9. The maximum atomic E-state index is 14.7. The molecule has 3 aromatic rings. The fraction of sp³-hybridized carbons (Fsp3) is 0.526. The number of ether oxygens (including phenoxy) is 2. The molecule has 0 unspecified atom stereocenters. The standard InChI is InChI=1S/C38H50N6O7S/c1-6-7-14-34-39-38(17-10-11-18-38)36(45)43(34)24-29-15-16-31(30(23-29)25-42-20-19-41(4)37(42)46)32-12-8-9-13-33(32)52(47,48)44(26-50-22-21-49-5)35-27(2)28(3)40-51-35/h8-9,12-13,15-16,23H,6-7,10-11,14,17-22,24-26H2,1-5H3. The lowest BCUT2D eigenvalue weighted by Gasteiger charge is -2.25. The summed E-state index contributed by atoms with van der Waals surface area (Å²) in [5.41, 5.74) is 3.28. The van der Waals surface area contributed by atoms with Crippen LogP contribution in [0.5, 0.6) is 0 Å². The highest BCUT2D eigenvalue weighted by molar-refractivity contribution is 7.93. The number of nitrogens with zero attached hydrogens (tertiary/aromatic N) is 6. The van der Waals surface area contributed by atoms with Crippen molar-refractivity contribution in [2.75, 3.05) is 51.5 Å². The number of anilines is 1. The molecule has 1 aromatic heterocycles. The van der Waals surface area contributed by atoms with Crippen LogP contribution in [0.3, 0.4) is 0 Å². The third-order valence-electron chi connectivity index (χ3n) is 10.4. The van der Waals surface area contributed by atoms with E-state index in [0.29, 0.717) is 42.0 Å². The second-order valence-corrected chi connectivity index (χ2v) is 15.8. The molecular weight excluding hydrogens is 685 g/mol. The number of methoxy groups -OCH3 is 1. The van der Waals surface area contributed by atoms with E-state index >= 15 is 0 Å². The van der Waals surface area contributed by atoms with Crippen LogP contribution < -0.4 is 4.31 Å². The van der Waals surface area contributed by atoms with E-state index in [1.54, 1.807) is 62.1 Å². The fourth-order valence-corrected chi connectivity index (χ4v) is 8.82. The number of hydrogen-bond acceptors (Lipinski definition) is 9. The Balaban J connectivity index is 1.40. The monoisotopic (exact) mass is 734 g/mol. The van der Waals surface area contributed by atoms with E-state index in [1.165, 1.54) is 0 Å². The number of likely N-dealkylation sites (N-methyl/N-ethyl adjacent to an activating group) is 1. The van der Waals surface area contributed by atoms with Gasteiger partial charge in [0.2, 0.25) is 5.88 Å². The summed E-state index contributed by atoms with van der Waals surface area (Å²) in [4.78, 5) is 37.5. The number of hydrogen-bond donors (Lipinski definition) is 0. The van der Waals surface area contributed by atoms with Gasteiger partial charge in [-0.1, -0.05) is 67.7 Å². The molecule has 0 N–H and O–H groups in total. The van der Waals surface area contributed by atoms with Crippen molar-refractivity contribution in [3.8, 4) is 11.1 Å². The third-order valence-corrected chi connectivity index (χ3v) is 12.2. The summed E-state index contributed by atoms with van der Waals surface area (Å²) in [5, 5.41) is 4.02. The number of benzene rings is 2.